The molecule has 0 bridgehead atoms. The maximum atomic E-state index is 12.2. The first kappa shape index (κ1) is 18.8. The van der Waals surface area contributed by atoms with Crippen LogP contribution in [0.1, 0.15) is 12.8 Å². The fourth-order valence-electron chi connectivity index (χ4n) is 2.61. The highest BCUT2D eigenvalue weighted by atomic mass is 32.2. The molecule has 0 radical (unpaired) electrons. The van der Waals surface area contributed by atoms with Crippen LogP contribution in [0.5, 0.6) is 5.75 Å². The molecule has 0 atom stereocenters. The standard InChI is InChI=1S/C20H19N3O3S2/c1-26-14-6-9-16-17(10-14)28-20(22-16)23-18(24)11-27-15-7-4-13(5-8-15)21-19(25)12-2-3-12/h4-10,12H,2-3,11H2,1H3,(H,21,25)(H,22,23,24). The molecule has 28 heavy (non-hydrogen) atoms. The van der Waals surface area contributed by atoms with Crippen molar-refractivity contribution in [2.45, 2.75) is 17.7 Å². The zero-order valence-corrected chi connectivity index (χ0v) is 16.9. The Labute approximate surface area is 170 Å². The summed E-state index contributed by atoms with van der Waals surface area (Å²) in [4.78, 5) is 29.4. The van der Waals surface area contributed by atoms with Crippen LogP contribution in [0.25, 0.3) is 10.2 Å². The second-order valence-electron chi connectivity index (χ2n) is 6.48. The molecule has 2 amide bonds. The first-order valence-electron chi connectivity index (χ1n) is 8.89. The molecule has 3 aromatic rings. The molecule has 8 heteroatoms. The number of nitrogens with zero attached hydrogens (tertiary/aromatic N) is 1. The van der Waals surface area contributed by atoms with Crippen LogP contribution in [0.3, 0.4) is 0 Å². The van der Waals surface area contributed by atoms with Crippen LogP contribution in [-0.4, -0.2) is 29.7 Å². The van der Waals surface area contributed by atoms with Gasteiger partial charge in [0.05, 0.1) is 23.1 Å². The Morgan fingerprint density at radius 1 is 1.18 bits per heavy atom. The van der Waals surface area contributed by atoms with E-state index in [4.69, 9.17) is 4.74 Å². The van der Waals surface area contributed by atoms with Crippen molar-refractivity contribution in [1.29, 1.82) is 0 Å². The summed E-state index contributed by atoms with van der Waals surface area (Å²) in [5.41, 5.74) is 1.62. The molecule has 1 heterocycles. The minimum Gasteiger partial charge on any atom is -0.497 e. The van der Waals surface area contributed by atoms with E-state index in [0.717, 1.165) is 39.4 Å². The van der Waals surface area contributed by atoms with E-state index in [1.54, 1.807) is 7.11 Å². The Balaban J connectivity index is 1.29. The van der Waals surface area contributed by atoms with Crippen LogP contribution >= 0.6 is 23.1 Å². The second kappa shape index (κ2) is 8.20. The van der Waals surface area contributed by atoms with Crippen molar-refractivity contribution in [2.24, 2.45) is 5.92 Å². The first-order valence-corrected chi connectivity index (χ1v) is 10.7. The Morgan fingerprint density at radius 3 is 2.68 bits per heavy atom. The molecule has 1 fully saturated rings. The van der Waals surface area contributed by atoms with Gasteiger partial charge in [-0.05, 0) is 55.3 Å². The van der Waals surface area contributed by atoms with E-state index < -0.39 is 0 Å². The topological polar surface area (TPSA) is 80.3 Å². The molecular formula is C20H19N3O3S2. The van der Waals surface area contributed by atoms with Crippen molar-refractivity contribution in [3.63, 3.8) is 0 Å². The van der Waals surface area contributed by atoms with Crippen molar-refractivity contribution in [1.82, 2.24) is 4.98 Å². The maximum absolute atomic E-state index is 12.2. The second-order valence-corrected chi connectivity index (χ2v) is 8.56. The fourth-order valence-corrected chi connectivity index (χ4v) is 4.22. The van der Waals surface area contributed by atoms with Gasteiger partial charge in [0, 0.05) is 16.5 Å². The predicted octanol–water partition coefficient (Wildman–Crippen LogP) is 4.38. The van der Waals surface area contributed by atoms with Crippen molar-refractivity contribution in [3.05, 3.63) is 42.5 Å². The van der Waals surface area contributed by atoms with Crippen LogP contribution in [0, 0.1) is 5.92 Å². The molecule has 1 saturated carbocycles. The van der Waals surface area contributed by atoms with E-state index in [9.17, 15) is 9.59 Å². The average molecular weight is 414 g/mol. The monoisotopic (exact) mass is 413 g/mol. The largest absolute Gasteiger partial charge is 0.497 e. The number of anilines is 2. The molecule has 144 valence electrons. The van der Waals surface area contributed by atoms with E-state index in [1.165, 1.54) is 23.1 Å². The van der Waals surface area contributed by atoms with Crippen molar-refractivity contribution in [2.75, 3.05) is 23.5 Å². The minimum atomic E-state index is -0.109. The number of carbonyl (C=O) groups excluding carboxylic acids is 2. The van der Waals surface area contributed by atoms with E-state index in [0.29, 0.717) is 5.13 Å². The fraction of sp³-hybridized carbons (Fsp3) is 0.250. The Morgan fingerprint density at radius 2 is 1.96 bits per heavy atom. The summed E-state index contributed by atoms with van der Waals surface area (Å²) in [6.45, 7) is 0. The number of carbonyl (C=O) groups is 2. The number of nitrogens with one attached hydrogen (secondary N) is 2. The van der Waals surface area contributed by atoms with Crippen LogP contribution in [0.15, 0.2) is 47.4 Å². The number of amides is 2. The number of hydrogen-bond acceptors (Lipinski definition) is 6. The summed E-state index contributed by atoms with van der Waals surface area (Å²) < 4.78 is 6.17. The van der Waals surface area contributed by atoms with Crippen LogP contribution in [0.4, 0.5) is 10.8 Å². The Bertz CT molecular complexity index is 1010. The lowest BCUT2D eigenvalue weighted by atomic mass is 10.3. The summed E-state index contributed by atoms with van der Waals surface area (Å²) in [6.07, 6.45) is 1.97. The summed E-state index contributed by atoms with van der Waals surface area (Å²) in [5.74, 6) is 1.21. The van der Waals surface area contributed by atoms with Gasteiger partial charge in [0.2, 0.25) is 11.8 Å². The van der Waals surface area contributed by atoms with Gasteiger partial charge in [0.15, 0.2) is 5.13 Å². The summed E-state index contributed by atoms with van der Waals surface area (Å²) in [7, 11) is 1.62. The quantitative estimate of drug-likeness (QED) is 0.562. The molecule has 1 aliphatic rings. The molecule has 4 rings (SSSR count). The summed E-state index contributed by atoms with van der Waals surface area (Å²) in [6, 6.07) is 13.2. The zero-order chi connectivity index (χ0) is 19.5. The number of benzene rings is 2. The van der Waals surface area contributed by atoms with Crippen LogP contribution < -0.4 is 15.4 Å². The van der Waals surface area contributed by atoms with E-state index in [1.807, 2.05) is 42.5 Å². The van der Waals surface area contributed by atoms with Gasteiger partial charge in [-0.3, -0.25) is 9.59 Å². The van der Waals surface area contributed by atoms with Crippen molar-refractivity contribution < 1.29 is 14.3 Å². The average Bonchev–Trinajstić information content (AvgIpc) is 3.47. The van der Waals surface area contributed by atoms with Gasteiger partial charge in [-0.1, -0.05) is 11.3 Å². The lowest BCUT2D eigenvalue weighted by molar-refractivity contribution is -0.117. The predicted molar refractivity (Wildman–Crippen MR) is 113 cm³/mol. The minimum absolute atomic E-state index is 0.0910. The lowest BCUT2D eigenvalue weighted by Gasteiger charge is -2.06. The third-order valence-corrected chi connectivity index (χ3v) is 6.23. The summed E-state index contributed by atoms with van der Waals surface area (Å²) >= 11 is 2.86. The molecule has 6 nitrogen and oxygen atoms in total. The number of aromatic nitrogens is 1. The van der Waals surface area contributed by atoms with Crippen LogP contribution in [-0.2, 0) is 9.59 Å². The number of methoxy groups -OCH3 is 1. The van der Waals surface area contributed by atoms with Gasteiger partial charge >= 0.3 is 0 Å². The van der Waals surface area contributed by atoms with E-state index in [-0.39, 0.29) is 23.5 Å². The lowest BCUT2D eigenvalue weighted by Crippen LogP contribution is -2.14. The van der Waals surface area contributed by atoms with Gasteiger partial charge in [-0.15, -0.1) is 11.8 Å². The van der Waals surface area contributed by atoms with Gasteiger partial charge in [-0.25, -0.2) is 4.98 Å². The number of fused-ring (bicyclic) bond motifs is 1. The van der Waals surface area contributed by atoms with Crippen LogP contribution in [0.2, 0.25) is 0 Å². The molecule has 1 aliphatic carbocycles. The third kappa shape index (κ3) is 4.63. The molecule has 2 aromatic carbocycles. The Hall–Kier alpha value is -2.58. The molecule has 2 N–H and O–H groups in total. The van der Waals surface area contributed by atoms with E-state index in [2.05, 4.69) is 15.6 Å². The maximum Gasteiger partial charge on any atom is 0.236 e. The first-order chi connectivity index (χ1) is 13.6. The third-order valence-electron chi connectivity index (χ3n) is 4.28. The highest BCUT2D eigenvalue weighted by Gasteiger charge is 2.29. The van der Waals surface area contributed by atoms with E-state index >= 15 is 0 Å². The highest BCUT2D eigenvalue weighted by molar-refractivity contribution is 8.00. The molecular weight excluding hydrogens is 394 g/mol. The SMILES string of the molecule is COc1ccc2nc(NC(=O)CSc3ccc(NC(=O)C4CC4)cc3)sc2c1. The Kier molecular flexibility index (Phi) is 5.50. The number of thioether (sulfide) groups is 1. The van der Waals surface area contributed by atoms with Gasteiger partial charge < -0.3 is 15.4 Å². The molecule has 0 aliphatic heterocycles. The van der Waals surface area contributed by atoms with Gasteiger partial charge in [0.25, 0.3) is 0 Å². The van der Waals surface area contributed by atoms with Gasteiger partial charge in [-0.2, -0.15) is 0 Å². The van der Waals surface area contributed by atoms with Crippen molar-refractivity contribution >= 4 is 55.9 Å². The van der Waals surface area contributed by atoms with Gasteiger partial charge in [0.1, 0.15) is 5.75 Å². The molecule has 0 unspecified atom stereocenters. The molecule has 0 spiro atoms. The number of hydrogen-bond donors (Lipinski definition) is 2. The number of thiazole rings is 1. The molecule has 1 aromatic heterocycles. The molecule has 0 saturated heterocycles. The number of ether oxygens (including phenoxy) is 1. The summed E-state index contributed by atoms with van der Waals surface area (Å²) in [5, 5.41) is 6.33. The number of rotatable bonds is 7. The zero-order valence-electron chi connectivity index (χ0n) is 15.2. The van der Waals surface area contributed by atoms with Crippen molar-refractivity contribution in [3.8, 4) is 5.75 Å². The normalized spacial score (nSPS) is 13.3. The highest BCUT2D eigenvalue weighted by Crippen LogP contribution is 2.31. The smallest absolute Gasteiger partial charge is 0.236 e.